The van der Waals surface area contributed by atoms with Gasteiger partial charge in [-0.05, 0) is 56.5 Å². The predicted octanol–water partition coefficient (Wildman–Crippen LogP) is 7.13. The van der Waals surface area contributed by atoms with Crippen LogP contribution in [0.5, 0.6) is 5.75 Å². The van der Waals surface area contributed by atoms with Crippen molar-refractivity contribution in [3.05, 3.63) is 66.7 Å². The number of alkyl halides is 3. The second-order valence-corrected chi connectivity index (χ2v) is 8.92. The molecule has 0 saturated carbocycles. The van der Waals surface area contributed by atoms with E-state index in [1.54, 1.807) is 12.1 Å². The quantitative estimate of drug-likeness (QED) is 0.245. The number of esters is 1. The predicted molar refractivity (Wildman–Crippen MR) is 128 cm³/mol. The van der Waals surface area contributed by atoms with Crippen molar-refractivity contribution in [3.63, 3.8) is 0 Å². The molecule has 0 bridgehead atoms. The molecule has 0 spiro atoms. The smallest absolute Gasteiger partial charge is 0.400 e. The number of aromatic nitrogens is 1. The molecular formula is C27H30F3NO3. The van der Waals surface area contributed by atoms with Gasteiger partial charge < -0.3 is 14.0 Å². The zero-order valence-electron chi connectivity index (χ0n) is 19.9. The van der Waals surface area contributed by atoms with Gasteiger partial charge >= 0.3 is 12.1 Å². The first-order valence-corrected chi connectivity index (χ1v) is 11.2. The standard InChI is InChI=1S/C27H30F3NO3/c1-6-19-8-10-20(11-9-19)23-14-21-12-13-22(15-24(21)31(23)18(3)4)33-16-26(5,27(28,29)30)17-34-25(32)7-2/h7-15,18H,2,6,16-17H2,1,3-5H3. The first kappa shape index (κ1) is 25.4. The first-order chi connectivity index (χ1) is 16.0. The van der Waals surface area contributed by atoms with Gasteiger partial charge in [-0.25, -0.2) is 4.79 Å². The van der Waals surface area contributed by atoms with E-state index in [1.165, 1.54) is 5.56 Å². The largest absolute Gasteiger partial charge is 0.492 e. The van der Waals surface area contributed by atoms with Crippen LogP contribution in [0.4, 0.5) is 13.2 Å². The number of hydrogen-bond donors (Lipinski definition) is 0. The van der Waals surface area contributed by atoms with Crippen molar-refractivity contribution < 1.29 is 27.4 Å². The van der Waals surface area contributed by atoms with Crippen LogP contribution in [0.15, 0.2) is 61.2 Å². The number of aryl methyl sites for hydroxylation is 1. The third-order valence-electron chi connectivity index (χ3n) is 5.93. The van der Waals surface area contributed by atoms with Crippen molar-refractivity contribution in [1.82, 2.24) is 4.57 Å². The van der Waals surface area contributed by atoms with E-state index >= 15 is 0 Å². The van der Waals surface area contributed by atoms with Crippen LogP contribution >= 0.6 is 0 Å². The zero-order valence-corrected chi connectivity index (χ0v) is 19.9. The number of halogens is 3. The maximum absolute atomic E-state index is 13.7. The molecule has 3 rings (SSSR count). The number of fused-ring (bicyclic) bond motifs is 1. The Labute approximate surface area is 198 Å². The van der Waals surface area contributed by atoms with E-state index in [2.05, 4.69) is 62.2 Å². The Morgan fingerprint density at radius 1 is 1.09 bits per heavy atom. The van der Waals surface area contributed by atoms with E-state index in [4.69, 9.17) is 9.47 Å². The SMILES string of the molecule is C=CC(=O)OCC(C)(COc1ccc2cc(-c3ccc(CC)cc3)n(C(C)C)c2c1)C(F)(F)F. The average molecular weight is 474 g/mol. The van der Waals surface area contributed by atoms with E-state index < -0.39 is 30.8 Å². The van der Waals surface area contributed by atoms with Crippen molar-refractivity contribution in [2.24, 2.45) is 5.41 Å². The molecule has 1 atom stereocenters. The Kier molecular flexibility index (Phi) is 7.44. The molecule has 1 heterocycles. The minimum Gasteiger partial charge on any atom is -0.492 e. The highest BCUT2D eigenvalue weighted by Gasteiger charge is 2.53. The van der Waals surface area contributed by atoms with Crippen molar-refractivity contribution >= 4 is 16.9 Å². The van der Waals surface area contributed by atoms with Crippen molar-refractivity contribution in [2.75, 3.05) is 13.2 Å². The molecule has 0 fully saturated rings. The third-order valence-corrected chi connectivity index (χ3v) is 5.93. The highest BCUT2D eigenvalue weighted by atomic mass is 19.4. The van der Waals surface area contributed by atoms with Crippen LogP contribution in [0.2, 0.25) is 0 Å². The van der Waals surface area contributed by atoms with E-state index in [1.807, 2.05) is 6.07 Å². The minimum atomic E-state index is -4.63. The Morgan fingerprint density at radius 3 is 2.32 bits per heavy atom. The molecule has 0 N–H and O–H groups in total. The summed E-state index contributed by atoms with van der Waals surface area (Å²) in [5.74, 6) is -0.600. The number of rotatable bonds is 9. The molecule has 0 aliphatic carbocycles. The van der Waals surface area contributed by atoms with E-state index in [-0.39, 0.29) is 6.04 Å². The fraction of sp³-hybridized carbons (Fsp3) is 0.370. The number of carbonyl (C=O) groups excluding carboxylic acids is 1. The molecule has 2 aromatic carbocycles. The number of hydrogen-bond acceptors (Lipinski definition) is 3. The van der Waals surface area contributed by atoms with Crippen LogP contribution in [-0.2, 0) is 16.0 Å². The highest BCUT2D eigenvalue weighted by molar-refractivity contribution is 5.88. The van der Waals surface area contributed by atoms with Crippen molar-refractivity contribution in [3.8, 4) is 17.0 Å². The molecule has 0 aliphatic heterocycles. The van der Waals surface area contributed by atoms with Crippen LogP contribution in [0.3, 0.4) is 0 Å². The summed E-state index contributed by atoms with van der Waals surface area (Å²) in [6, 6.07) is 15.8. The lowest BCUT2D eigenvalue weighted by Crippen LogP contribution is -2.44. The molecule has 0 saturated heterocycles. The van der Waals surface area contributed by atoms with Crippen LogP contribution in [0.1, 0.15) is 39.3 Å². The Hall–Kier alpha value is -3.22. The summed E-state index contributed by atoms with van der Waals surface area (Å²) in [6.07, 6.45) is -2.84. The van der Waals surface area contributed by atoms with Crippen LogP contribution in [0, 0.1) is 5.41 Å². The number of benzene rings is 2. The fourth-order valence-electron chi connectivity index (χ4n) is 3.72. The lowest BCUT2D eigenvalue weighted by molar-refractivity contribution is -0.240. The number of carbonyl (C=O) groups is 1. The van der Waals surface area contributed by atoms with Gasteiger partial charge in [0.25, 0.3) is 0 Å². The van der Waals surface area contributed by atoms with Gasteiger partial charge in [-0.3, -0.25) is 0 Å². The van der Waals surface area contributed by atoms with E-state index in [0.29, 0.717) is 5.75 Å². The highest BCUT2D eigenvalue weighted by Crippen LogP contribution is 2.39. The van der Waals surface area contributed by atoms with Gasteiger partial charge in [-0.15, -0.1) is 0 Å². The molecule has 3 aromatic rings. The van der Waals surface area contributed by atoms with Gasteiger partial charge in [0.05, 0.1) is 5.52 Å². The summed E-state index contributed by atoms with van der Waals surface area (Å²) in [4.78, 5) is 11.3. The zero-order chi connectivity index (χ0) is 25.1. The maximum atomic E-state index is 13.7. The molecule has 1 unspecified atom stereocenters. The van der Waals surface area contributed by atoms with Crippen LogP contribution < -0.4 is 4.74 Å². The normalized spacial score (nSPS) is 13.6. The fourth-order valence-corrected chi connectivity index (χ4v) is 3.72. The third kappa shape index (κ3) is 5.29. The first-order valence-electron chi connectivity index (χ1n) is 11.2. The van der Waals surface area contributed by atoms with Crippen LogP contribution in [0.25, 0.3) is 22.2 Å². The van der Waals surface area contributed by atoms with Gasteiger partial charge in [-0.1, -0.05) is 37.8 Å². The number of nitrogens with zero attached hydrogens (tertiary/aromatic N) is 1. The molecule has 4 nitrogen and oxygen atoms in total. The Morgan fingerprint density at radius 2 is 1.76 bits per heavy atom. The Balaban J connectivity index is 1.92. The summed E-state index contributed by atoms with van der Waals surface area (Å²) in [5.41, 5.74) is 1.85. The van der Waals surface area contributed by atoms with E-state index in [9.17, 15) is 18.0 Å². The van der Waals surface area contributed by atoms with Gasteiger partial charge in [0.1, 0.15) is 24.4 Å². The second-order valence-electron chi connectivity index (χ2n) is 8.92. The maximum Gasteiger partial charge on any atom is 0.400 e. The average Bonchev–Trinajstić information content (AvgIpc) is 3.19. The molecule has 0 amide bonds. The van der Waals surface area contributed by atoms with Gasteiger partial charge in [0.15, 0.2) is 0 Å². The second kappa shape index (κ2) is 9.95. The van der Waals surface area contributed by atoms with Gasteiger partial charge in [0.2, 0.25) is 0 Å². The topological polar surface area (TPSA) is 40.5 Å². The molecule has 0 aliphatic rings. The molecule has 0 radical (unpaired) electrons. The molecule has 34 heavy (non-hydrogen) atoms. The minimum absolute atomic E-state index is 0.118. The van der Waals surface area contributed by atoms with Crippen LogP contribution in [-0.4, -0.2) is 29.9 Å². The molecular weight excluding hydrogens is 443 g/mol. The summed E-state index contributed by atoms with van der Waals surface area (Å²) in [7, 11) is 0. The summed E-state index contributed by atoms with van der Waals surface area (Å²) >= 11 is 0. The lowest BCUT2D eigenvalue weighted by atomic mass is 9.92. The molecule has 1 aromatic heterocycles. The Bertz CT molecular complexity index is 1160. The molecule has 7 heteroatoms. The molecule has 182 valence electrons. The monoisotopic (exact) mass is 473 g/mol. The summed E-state index contributed by atoms with van der Waals surface area (Å²) < 4.78 is 53.6. The summed E-state index contributed by atoms with van der Waals surface area (Å²) in [6.45, 7) is 8.86. The number of ether oxygens (including phenoxy) is 2. The summed E-state index contributed by atoms with van der Waals surface area (Å²) in [5, 5.41) is 0.967. The van der Waals surface area contributed by atoms with Crippen molar-refractivity contribution in [1.29, 1.82) is 0 Å². The van der Waals surface area contributed by atoms with Gasteiger partial charge in [0, 0.05) is 29.3 Å². The van der Waals surface area contributed by atoms with Gasteiger partial charge in [-0.2, -0.15) is 13.2 Å². The van der Waals surface area contributed by atoms with Crippen molar-refractivity contribution in [2.45, 2.75) is 46.3 Å². The van der Waals surface area contributed by atoms with E-state index in [0.717, 1.165) is 41.6 Å². The lowest BCUT2D eigenvalue weighted by Gasteiger charge is -2.31.